The Morgan fingerprint density at radius 1 is 1.21 bits per heavy atom. The number of rotatable bonds is 2. The van der Waals surface area contributed by atoms with Crippen LogP contribution in [0.1, 0.15) is 19.7 Å². The summed E-state index contributed by atoms with van der Waals surface area (Å²) in [6, 6.07) is 7.26. The molecule has 122 valence electrons. The highest BCUT2D eigenvalue weighted by atomic mass is 16.5. The number of hydrogen-bond donors (Lipinski definition) is 2. The lowest BCUT2D eigenvalue weighted by Crippen LogP contribution is -2.45. The largest absolute Gasteiger partial charge is 0.476 e. The molecule has 0 saturated heterocycles. The molecule has 1 amide bonds. The molecule has 7 heteroatoms. The van der Waals surface area contributed by atoms with Gasteiger partial charge in [-0.3, -0.25) is 4.79 Å². The van der Waals surface area contributed by atoms with Crippen LogP contribution in [-0.4, -0.2) is 21.5 Å². The van der Waals surface area contributed by atoms with Gasteiger partial charge in [-0.15, -0.1) is 0 Å². The second-order valence-electron chi connectivity index (χ2n) is 6.16. The standard InChI is InChI=1S/C17H16N4O3/c1-9-18-11-6-7-23-14(11)15(19-9)20-10-4-5-13-12(8-10)21-16(22)17(2,3)24-13/h4-8H,1-3H3,(H,21,22)(H,18,19,20). The Hall–Kier alpha value is -3.09. The number of anilines is 3. The minimum atomic E-state index is -0.883. The number of amides is 1. The van der Waals surface area contributed by atoms with Gasteiger partial charge in [-0.1, -0.05) is 0 Å². The summed E-state index contributed by atoms with van der Waals surface area (Å²) in [4.78, 5) is 20.7. The number of hydrogen-bond acceptors (Lipinski definition) is 6. The van der Waals surface area contributed by atoms with Crippen molar-refractivity contribution < 1.29 is 13.9 Å². The minimum absolute atomic E-state index is 0.182. The average molecular weight is 324 g/mol. The van der Waals surface area contributed by atoms with E-state index in [1.807, 2.05) is 19.1 Å². The molecular formula is C17H16N4O3. The van der Waals surface area contributed by atoms with Gasteiger partial charge in [0.1, 0.15) is 17.1 Å². The number of carbonyl (C=O) groups is 1. The van der Waals surface area contributed by atoms with Crippen molar-refractivity contribution in [3.63, 3.8) is 0 Å². The van der Waals surface area contributed by atoms with Gasteiger partial charge in [0.2, 0.25) is 0 Å². The molecule has 3 aromatic rings. The van der Waals surface area contributed by atoms with Crippen LogP contribution < -0.4 is 15.4 Å². The van der Waals surface area contributed by atoms with E-state index in [-0.39, 0.29) is 5.91 Å². The molecule has 0 saturated carbocycles. The van der Waals surface area contributed by atoms with E-state index < -0.39 is 5.60 Å². The lowest BCUT2D eigenvalue weighted by atomic mass is 10.1. The molecular weight excluding hydrogens is 308 g/mol. The number of aromatic nitrogens is 2. The van der Waals surface area contributed by atoms with Crippen molar-refractivity contribution in [2.24, 2.45) is 0 Å². The van der Waals surface area contributed by atoms with Crippen LogP contribution >= 0.6 is 0 Å². The molecule has 7 nitrogen and oxygen atoms in total. The van der Waals surface area contributed by atoms with Gasteiger partial charge in [0.25, 0.3) is 5.91 Å². The van der Waals surface area contributed by atoms with Crippen LogP contribution in [0.25, 0.3) is 11.1 Å². The number of furan rings is 1. The average Bonchev–Trinajstić information content (AvgIpc) is 2.97. The summed E-state index contributed by atoms with van der Waals surface area (Å²) >= 11 is 0. The number of ether oxygens (including phenoxy) is 1. The molecule has 2 aromatic heterocycles. The van der Waals surface area contributed by atoms with E-state index in [1.54, 1.807) is 32.2 Å². The first-order chi connectivity index (χ1) is 11.4. The number of carbonyl (C=O) groups excluding carboxylic acids is 1. The van der Waals surface area contributed by atoms with E-state index in [1.165, 1.54) is 0 Å². The smallest absolute Gasteiger partial charge is 0.268 e. The predicted octanol–water partition coefficient (Wildman–Crippen LogP) is 3.38. The molecule has 1 aliphatic rings. The van der Waals surface area contributed by atoms with Gasteiger partial charge >= 0.3 is 0 Å². The Morgan fingerprint density at radius 3 is 2.88 bits per heavy atom. The monoisotopic (exact) mass is 324 g/mol. The molecule has 0 aliphatic carbocycles. The van der Waals surface area contributed by atoms with E-state index in [0.717, 1.165) is 11.2 Å². The molecule has 0 unspecified atom stereocenters. The van der Waals surface area contributed by atoms with Crippen molar-refractivity contribution in [2.45, 2.75) is 26.4 Å². The van der Waals surface area contributed by atoms with Crippen LogP contribution in [0.2, 0.25) is 0 Å². The normalized spacial score (nSPS) is 15.5. The third kappa shape index (κ3) is 2.34. The van der Waals surface area contributed by atoms with Crippen molar-refractivity contribution in [1.29, 1.82) is 0 Å². The SMILES string of the molecule is Cc1nc(Nc2ccc3c(c2)NC(=O)C(C)(C)O3)c2occc2n1. The first kappa shape index (κ1) is 14.5. The lowest BCUT2D eigenvalue weighted by molar-refractivity contribution is -0.129. The van der Waals surface area contributed by atoms with Gasteiger partial charge in [-0.05, 0) is 39.0 Å². The zero-order valence-corrected chi connectivity index (χ0v) is 13.5. The van der Waals surface area contributed by atoms with Crippen LogP contribution in [0, 0.1) is 6.92 Å². The third-order valence-corrected chi connectivity index (χ3v) is 3.82. The first-order valence-electron chi connectivity index (χ1n) is 7.56. The summed E-state index contributed by atoms with van der Waals surface area (Å²) in [6.45, 7) is 5.28. The van der Waals surface area contributed by atoms with Gasteiger partial charge in [0.05, 0.1) is 12.0 Å². The van der Waals surface area contributed by atoms with Crippen LogP contribution in [0.15, 0.2) is 34.9 Å². The van der Waals surface area contributed by atoms with Crippen LogP contribution in [0.5, 0.6) is 5.75 Å². The number of nitrogens with one attached hydrogen (secondary N) is 2. The van der Waals surface area contributed by atoms with Crippen LogP contribution in [-0.2, 0) is 4.79 Å². The van der Waals surface area contributed by atoms with E-state index in [0.29, 0.717) is 28.7 Å². The summed E-state index contributed by atoms with van der Waals surface area (Å²) < 4.78 is 11.2. The van der Waals surface area contributed by atoms with Crippen LogP contribution in [0.4, 0.5) is 17.2 Å². The van der Waals surface area contributed by atoms with E-state index >= 15 is 0 Å². The summed E-state index contributed by atoms with van der Waals surface area (Å²) in [7, 11) is 0. The zero-order chi connectivity index (χ0) is 16.9. The lowest BCUT2D eigenvalue weighted by Gasteiger charge is -2.31. The molecule has 0 fully saturated rings. The van der Waals surface area contributed by atoms with Gasteiger partial charge in [0.15, 0.2) is 17.0 Å². The summed E-state index contributed by atoms with van der Waals surface area (Å²) in [6.07, 6.45) is 1.58. The summed E-state index contributed by atoms with van der Waals surface area (Å²) in [5.41, 5.74) is 1.81. The van der Waals surface area contributed by atoms with Gasteiger partial charge < -0.3 is 19.8 Å². The number of aryl methyl sites for hydroxylation is 1. The highest BCUT2D eigenvalue weighted by molar-refractivity contribution is 6.00. The van der Waals surface area contributed by atoms with Crippen molar-refractivity contribution in [3.05, 3.63) is 36.4 Å². The maximum Gasteiger partial charge on any atom is 0.268 e. The molecule has 3 heterocycles. The number of nitrogens with zero attached hydrogens (tertiary/aromatic N) is 2. The van der Waals surface area contributed by atoms with Crippen molar-refractivity contribution >= 4 is 34.2 Å². The summed E-state index contributed by atoms with van der Waals surface area (Å²) in [5.74, 6) is 1.67. The molecule has 0 spiro atoms. The Labute approximate surface area is 138 Å². The maximum absolute atomic E-state index is 12.0. The maximum atomic E-state index is 12.0. The topological polar surface area (TPSA) is 89.3 Å². The Kier molecular flexibility index (Phi) is 2.99. The molecule has 0 bridgehead atoms. The highest BCUT2D eigenvalue weighted by Gasteiger charge is 2.35. The Balaban J connectivity index is 1.70. The second-order valence-corrected chi connectivity index (χ2v) is 6.16. The quantitative estimate of drug-likeness (QED) is 0.751. The fourth-order valence-electron chi connectivity index (χ4n) is 2.59. The van der Waals surface area contributed by atoms with Crippen molar-refractivity contribution in [3.8, 4) is 5.75 Å². The van der Waals surface area contributed by atoms with Crippen LogP contribution in [0.3, 0.4) is 0 Å². The molecule has 1 aromatic carbocycles. The van der Waals surface area contributed by atoms with Gasteiger partial charge in [-0.25, -0.2) is 9.97 Å². The van der Waals surface area contributed by atoms with E-state index in [2.05, 4.69) is 20.6 Å². The summed E-state index contributed by atoms with van der Waals surface area (Å²) in [5, 5.41) is 6.07. The fourth-order valence-corrected chi connectivity index (χ4v) is 2.59. The van der Waals surface area contributed by atoms with Gasteiger partial charge in [0, 0.05) is 11.8 Å². The highest BCUT2D eigenvalue weighted by Crippen LogP contribution is 2.36. The Bertz CT molecular complexity index is 962. The molecule has 2 N–H and O–H groups in total. The van der Waals surface area contributed by atoms with E-state index in [9.17, 15) is 4.79 Å². The van der Waals surface area contributed by atoms with Crippen molar-refractivity contribution in [2.75, 3.05) is 10.6 Å². The zero-order valence-electron chi connectivity index (χ0n) is 13.5. The van der Waals surface area contributed by atoms with E-state index in [4.69, 9.17) is 9.15 Å². The molecule has 0 atom stereocenters. The molecule has 0 radical (unpaired) electrons. The first-order valence-corrected chi connectivity index (χ1v) is 7.56. The molecule has 24 heavy (non-hydrogen) atoms. The molecule has 1 aliphatic heterocycles. The van der Waals surface area contributed by atoms with Crippen molar-refractivity contribution in [1.82, 2.24) is 9.97 Å². The predicted molar refractivity (Wildman–Crippen MR) is 89.6 cm³/mol. The second kappa shape index (κ2) is 4.95. The number of benzene rings is 1. The molecule has 4 rings (SSSR count). The van der Waals surface area contributed by atoms with Gasteiger partial charge in [-0.2, -0.15) is 0 Å². The number of fused-ring (bicyclic) bond motifs is 2. The Morgan fingerprint density at radius 2 is 2.04 bits per heavy atom. The minimum Gasteiger partial charge on any atom is -0.476 e. The third-order valence-electron chi connectivity index (χ3n) is 3.82. The fraction of sp³-hybridized carbons (Fsp3) is 0.235.